The molecule has 0 fully saturated rings. The van der Waals surface area contributed by atoms with Gasteiger partial charge in [0.05, 0.1) is 11.6 Å². The van der Waals surface area contributed by atoms with Gasteiger partial charge in [-0.15, -0.1) is 0 Å². The van der Waals surface area contributed by atoms with Crippen LogP contribution in [0, 0.1) is 5.82 Å². The molecular weight excluding hydrogens is 297 g/mol. The smallest absolute Gasteiger partial charge is 0.240 e. The standard InChI is InChI=1S/C10H9ClFN3O3S/c1-19(16,17)9-6(11)2-5(3-7(9)12)10-14-8(4-13)18-15-10/h2-3H,4,13H2,1H3. The van der Waals surface area contributed by atoms with Gasteiger partial charge in [0.2, 0.25) is 11.7 Å². The van der Waals surface area contributed by atoms with Crippen molar-refractivity contribution < 1.29 is 17.3 Å². The van der Waals surface area contributed by atoms with Crippen molar-refractivity contribution in [2.24, 2.45) is 5.73 Å². The monoisotopic (exact) mass is 305 g/mol. The summed E-state index contributed by atoms with van der Waals surface area (Å²) in [5.41, 5.74) is 5.51. The summed E-state index contributed by atoms with van der Waals surface area (Å²) in [6.07, 6.45) is 0.873. The molecule has 1 heterocycles. The highest BCUT2D eigenvalue weighted by molar-refractivity contribution is 7.90. The van der Waals surface area contributed by atoms with Crippen LogP contribution in [0.5, 0.6) is 0 Å². The number of rotatable bonds is 3. The summed E-state index contributed by atoms with van der Waals surface area (Å²) in [5, 5.41) is 3.35. The molecule has 0 bridgehead atoms. The molecule has 0 aliphatic rings. The van der Waals surface area contributed by atoms with E-state index < -0.39 is 20.5 Å². The van der Waals surface area contributed by atoms with Crippen molar-refractivity contribution in [1.29, 1.82) is 0 Å². The highest BCUT2D eigenvalue weighted by atomic mass is 35.5. The number of hydrogen-bond acceptors (Lipinski definition) is 6. The molecule has 0 unspecified atom stereocenters. The Kier molecular flexibility index (Phi) is 3.57. The quantitative estimate of drug-likeness (QED) is 0.920. The van der Waals surface area contributed by atoms with Gasteiger partial charge in [0.25, 0.3) is 0 Å². The molecule has 19 heavy (non-hydrogen) atoms. The predicted molar refractivity (Wildman–Crippen MR) is 65.7 cm³/mol. The van der Waals surface area contributed by atoms with E-state index in [2.05, 4.69) is 10.1 Å². The summed E-state index contributed by atoms with van der Waals surface area (Å²) < 4.78 is 41.3. The topological polar surface area (TPSA) is 99.1 Å². The van der Waals surface area contributed by atoms with Crippen molar-refractivity contribution in [3.05, 3.63) is 28.9 Å². The number of sulfone groups is 1. The van der Waals surface area contributed by atoms with Gasteiger partial charge in [-0.3, -0.25) is 0 Å². The lowest BCUT2D eigenvalue weighted by Crippen LogP contribution is -2.02. The fourth-order valence-electron chi connectivity index (χ4n) is 1.50. The fourth-order valence-corrected chi connectivity index (χ4v) is 2.95. The normalized spacial score (nSPS) is 11.8. The first kappa shape index (κ1) is 13.9. The molecule has 0 aliphatic heterocycles. The molecule has 6 nitrogen and oxygen atoms in total. The van der Waals surface area contributed by atoms with E-state index in [1.54, 1.807) is 0 Å². The van der Waals surface area contributed by atoms with Gasteiger partial charge < -0.3 is 10.3 Å². The third-order valence-electron chi connectivity index (χ3n) is 2.27. The summed E-state index contributed by atoms with van der Waals surface area (Å²) in [6, 6.07) is 2.24. The van der Waals surface area contributed by atoms with Gasteiger partial charge in [0.15, 0.2) is 9.84 Å². The first-order valence-corrected chi connectivity index (χ1v) is 7.32. The molecule has 9 heteroatoms. The molecular formula is C10H9ClFN3O3S. The Balaban J connectivity index is 2.57. The molecule has 0 radical (unpaired) electrons. The zero-order valence-corrected chi connectivity index (χ0v) is 11.3. The summed E-state index contributed by atoms with van der Waals surface area (Å²) in [6.45, 7) is 0.0463. The molecule has 2 N–H and O–H groups in total. The molecule has 0 aliphatic carbocycles. The van der Waals surface area contributed by atoms with Crippen LogP contribution in [0.3, 0.4) is 0 Å². The van der Waals surface area contributed by atoms with Crippen molar-refractivity contribution in [1.82, 2.24) is 10.1 Å². The Morgan fingerprint density at radius 1 is 1.47 bits per heavy atom. The largest absolute Gasteiger partial charge is 0.338 e. The van der Waals surface area contributed by atoms with Crippen LogP contribution < -0.4 is 5.73 Å². The van der Waals surface area contributed by atoms with Crippen molar-refractivity contribution in [2.45, 2.75) is 11.4 Å². The van der Waals surface area contributed by atoms with E-state index in [-0.39, 0.29) is 28.8 Å². The zero-order valence-electron chi connectivity index (χ0n) is 9.72. The molecule has 102 valence electrons. The van der Waals surface area contributed by atoms with Gasteiger partial charge >= 0.3 is 0 Å². The van der Waals surface area contributed by atoms with E-state index >= 15 is 0 Å². The first-order valence-electron chi connectivity index (χ1n) is 5.05. The van der Waals surface area contributed by atoms with Crippen LogP contribution in [-0.4, -0.2) is 24.8 Å². The Morgan fingerprint density at radius 2 is 2.16 bits per heavy atom. The maximum atomic E-state index is 13.8. The van der Waals surface area contributed by atoms with Crippen molar-refractivity contribution in [2.75, 3.05) is 6.26 Å². The van der Waals surface area contributed by atoms with Crippen LogP contribution in [0.4, 0.5) is 4.39 Å². The maximum Gasteiger partial charge on any atom is 0.240 e. The predicted octanol–water partition coefficient (Wildman–Crippen LogP) is 1.39. The molecule has 0 amide bonds. The van der Waals surface area contributed by atoms with Gasteiger partial charge in [0, 0.05) is 11.8 Å². The van der Waals surface area contributed by atoms with Crippen LogP contribution in [0.25, 0.3) is 11.4 Å². The molecule has 2 rings (SSSR count). The van der Waals surface area contributed by atoms with E-state index in [0.717, 1.165) is 12.3 Å². The minimum atomic E-state index is -3.75. The minimum Gasteiger partial charge on any atom is -0.338 e. The van der Waals surface area contributed by atoms with Crippen molar-refractivity contribution in [3.63, 3.8) is 0 Å². The molecule has 0 spiro atoms. The van der Waals surface area contributed by atoms with E-state index in [9.17, 15) is 12.8 Å². The first-order chi connectivity index (χ1) is 8.82. The molecule has 0 saturated carbocycles. The Morgan fingerprint density at radius 3 is 2.63 bits per heavy atom. The summed E-state index contributed by atoms with van der Waals surface area (Å²) in [4.78, 5) is 3.34. The van der Waals surface area contributed by atoms with E-state index in [4.69, 9.17) is 21.9 Å². The average molecular weight is 306 g/mol. The Bertz CT molecular complexity index is 706. The van der Waals surface area contributed by atoms with Gasteiger partial charge in [-0.1, -0.05) is 16.8 Å². The second-order valence-electron chi connectivity index (χ2n) is 3.76. The fraction of sp³-hybridized carbons (Fsp3) is 0.200. The van der Waals surface area contributed by atoms with Crippen LogP contribution in [-0.2, 0) is 16.4 Å². The highest BCUT2D eigenvalue weighted by Crippen LogP contribution is 2.29. The lowest BCUT2D eigenvalue weighted by atomic mass is 10.2. The molecule has 1 aromatic heterocycles. The number of nitrogens with zero attached hydrogens (tertiary/aromatic N) is 2. The maximum absolute atomic E-state index is 13.8. The summed E-state index contributed by atoms with van der Waals surface area (Å²) in [5.74, 6) is -0.705. The van der Waals surface area contributed by atoms with E-state index in [1.807, 2.05) is 0 Å². The third kappa shape index (κ3) is 2.75. The Labute approximate surface area is 113 Å². The van der Waals surface area contributed by atoms with Crippen molar-refractivity contribution >= 4 is 21.4 Å². The summed E-state index contributed by atoms with van der Waals surface area (Å²) in [7, 11) is -3.75. The second kappa shape index (κ2) is 4.87. The number of nitrogens with two attached hydrogens (primary N) is 1. The Hall–Kier alpha value is -1.51. The summed E-state index contributed by atoms with van der Waals surface area (Å²) >= 11 is 5.78. The zero-order chi connectivity index (χ0) is 14.2. The number of halogens is 2. The van der Waals surface area contributed by atoms with E-state index in [0.29, 0.717) is 0 Å². The van der Waals surface area contributed by atoms with Gasteiger partial charge in [-0.25, -0.2) is 12.8 Å². The average Bonchev–Trinajstić information content (AvgIpc) is 2.74. The number of aromatic nitrogens is 2. The van der Waals surface area contributed by atoms with Gasteiger partial charge in [-0.2, -0.15) is 4.98 Å². The van der Waals surface area contributed by atoms with E-state index in [1.165, 1.54) is 6.07 Å². The second-order valence-corrected chi connectivity index (χ2v) is 6.12. The lowest BCUT2D eigenvalue weighted by Gasteiger charge is -2.05. The van der Waals surface area contributed by atoms with Gasteiger partial charge in [0.1, 0.15) is 10.7 Å². The van der Waals surface area contributed by atoms with Crippen LogP contribution in [0.2, 0.25) is 5.02 Å². The molecule has 1 aromatic carbocycles. The number of benzene rings is 1. The highest BCUT2D eigenvalue weighted by Gasteiger charge is 2.21. The third-order valence-corrected chi connectivity index (χ3v) is 3.84. The number of hydrogen-bond donors (Lipinski definition) is 1. The van der Waals surface area contributed by atoms with Crippen LogP contribution in [0.1, 0.15) is 5.89 Å². The molecule has 2 aromatic rings. The van der Waals surface area contributed by atoms with Gasteiger partial charge in [-0.05, 0) is 12.1 Å². The molecule has 0 atom stereocenters. The minimum absolute atomic E-state index is 0.0463. The van der Waals surface area contributed by atoms with Crippen LogP contribution in [0.15, 0.2) is 21.6 Å². The lowest BCUT2D eigenvalue weighted by molar-refractivity contribution is 0.380. The SMILES string of the molecule is CS(=O)(=O)c1c(F)cc(-c2noc(CN)n2)cc1Cl. The van der Waals surface area contributed by atoms with Crippen molar-refractivity contribution in [3.8, 4) is 11.4 Å². The molecule has 0 saturated heterocycles. The van der Waals surface area contributed by atoms with Crippen LogP contribution >= 0.6 is 11.6 Å².